The van der Waals surface area contributed by atoms with Gasteiger partial charge in [0.05, 0.1) is 16.9 Å². The summed E-state index contributed by atoms with van der Waals surface area (Å²) in [6.07, 6.45) is 0. The third-order valence-corrected chi connectivity index (χ3v) is 5.65. The number of aliphatic imine (C=N–C) groups is 2. The second kappa shape index (κ2) is 7.76. The monoisotopic (exact) mass is 405 g/mol. The van der Waals surface area contributed by atoms with Crippen molar-refractivity contribution in [2.24, 2.45) is 9.98 Å². The highest BCUT2D eigenvalue weighted by Gasteiger charge is 2.26. The summed E-state index contributed by atoms with van der Waals surface area (Å²) < 4.78 is 0. The van der Waals surface area contributed by atoms with Crippen LogP contribution in [0, 0.1) is 20.8 Å². The molecule has 1 aromatic heterocycles. The molecule has 1 unspecified atom stereocenters. The lowest BCUT2D eigenvalue weighted by atomic mass is 9.98. The molecule has 5 rings (SSSR count). The van der Waals surface area contributed by atoms with Crippen LogP contribution in [0.3, 0.4) is 0 Å². The van der Waals surface area contributed by atoms with E-state index in [-0.39, 0.29) is 6.04 Å². The maximum Gasteiger partial charge on any atom is 0.230 e. The maximum absolute atomic E-state index is 4.87. The number of hydrogen-bond donors (Lipinski definition) is 1. The van der Waals surface area contributed by atoms with Crippen molar-refractivity contribution in [1.82, 2.24) is 9.97 Å². The molecule has 0 fully saturated rings. The number of aromatic nitrogens is 2. The van der Waals surface area contributed by atoms with Crippen LogP contribution in [-0.4, -0.2) is 21.6 Å². The molecule has 0 saturated carbocycles. The second-order valence-electron chi connectivity index (χ2n) is 7.84. The largest absolute Gasteiger partial charge is 0.293 e. The van der Waals surface area contributed by atoms with E-state index in [1.807, 2.05) is 43.3 Å². The van der Waals surface area contributed by atoms with Crippen LogP contribution in [0.4, 0.5) is 5.95 Å². The number of anilines is 1. The zero-order chi connectivity index (χ0) is 21.4. The van der Waals surface area contributed by atoms with Crippen LogP contribution in [0.5, 0.6) is 0 Å². The fourth-order valence-corrected chi connectivity index (χ4v) is 3.84. The topological polar surface area (TPSA) is 62.5 Å². The van der Waals surface area contributed by atoms with Gasteiger partial charge < -0.3 is 0 Å². The van der Waals surface area contributed by atoms with Gasteiger partial charge in [-0.25, -0.2) is 20.0 Å². The van der Waals surface area contributed by atoms with E-state index in [1.54, 1.807) is 0 Å². The van der Waals surface area contributed by atoms with E-state index < -0.39 is 0 Å². The van der Waals surface area contributed by atoms with E-state index in [2.05, 4.69) is 60.5 Å². The van der Waals surface area contributed by atoms with Crippen molar-refractivity contribution >= 4 is 28.5 Å². The van der Waals surface area contributed by atoms with Gasteiger partial charge in [-0.1, -0.05) is 60.7 Å². The van der Waals surface area contributed by atoms with Crippen LogP contribution in [0.15, 0.2) is 82.8 Å². The number of hydrogen-bond acceptors (Lipinski definition) is 5. The number of guanidine groups is 1. The minimum absolute atomic E-state index is 0.169. The lowest BCUT2D eigenvalue weighted by molar-refractivity contribution is 0.984. The molecule has 0 bridgehead atoms. The zero-order valence-electron chi connectivity index (χ0n) is 17.8. The molecule has 5 nitrogen and oxygen atoms in total. The van der Waals surface area contributed by atoms with E-state index >= 15 is 0 Å². The molecule has 1 aliphatic heterocycles. The summed E-state index contributed by atoms with van der Waals surface area (Å²) >= 11 is 0. The Morgan fingerprint density at radius 3 is 2.19 bits per heavy atom. The van der Waals surface area contributed by atoms with Gasteiger partial charge in [0, 0.05) is 5.39 Å². The first-order valence-corrected chi connectivity index (χ1v) is 10.4. The Hall–Kier alpha value is -3.86. The van der Waals surface area contributed by atoms with Crippen LogP contribution in [0.1, 0.15) is 34.0 Å². The molecule has 1 aliphatic rings. The third-order valence-electron chi connectivity index (χ3n) is 5.65. The van der Waals surface area contributed by atoms with Crippen LogP contribution in [0.2, 0.25) is 0 Å². The van der Waals surface area contributed by atoms with Crippen LogP contribution >= 0.6 is 0 Å². The Kier molecular flexibility index (Phi) is 4.79. The Morgan fingerprint density at radius 2 is 1.45 bits per heavy atom. The van der Waals surface area contributed by atoms with Gasteiger partial charge in [0.25, 0.3) is 0 Å². The molecule has 4 aromatic rings. The van der Waals surface area contributed by atoms with E-state index in [0.29, 0.717) is 11.9 Å². The van der Waals surface area contributed by atoms with Crippen molar-refractivity contribution in [1.29, 1.82) is 0 Å². The Bertz CT molecular complexity index is 1320. The van der Waals surface area contributed by atoms with E-state index in [0.717, 1.165) is 33.4 Å². The first-order valence-electron chi connectivity index (χ1n) is 10.4. The van der Waals surface area contributed by atoms with E-state index in [1.165, 1.54) is 11.1 Å². The number of nitrogens with one attached hydrogen (secondary N) is 1. The standard InChI is InChI=1S/C26H23N5/c1-16-14-21-18(3)27-25(28-22(21)15-17(16)2)31-26-29-23(19-10-6-4-7-11-19)24(30-26)20-12-8-5-9-13-20/h4-15,23H,1-3H3,(H,27,28,29,31). The van der Waals surface area contributed by atoms with Gasteiger partial charge in [-0.05, 0) is 55.2 Å². The summed E-state index contributed by atoms with van der Waals surface area (Å²) in [5.74, 6) is 1.03. The molecule has 2 heterocycles. The van der Waals surface area contributed by atoms with Gasteiger partial charge >= 0.3 is 0 Å². The molecule has 1 atom stereocenters. The quantitative estimate of drug-likeness (QED) is 0.485. The lowest BCUT2D eigenvalue weighted by Gasteiger charge is -2.11. The molecule has 31 heavy (non-hydrogen) atoms. The minimum Gasteiger partial charge on any atom is -0.293 e. The maximum atomic E-state index is 4.87. The number of benzene rings is 3. The highest BCUT2D eigenvalue weighted by atomic mass is 15.2. The molecule has 0 aliphatic carbocycles. The van der Waals surface area contributed by atoms with Crippen LogP contribution < -0.4 is 5.32 Å². The van der Waals surface area contributed by atoms with Crippen molar-refractivity contribution in [3.8, 4) is 0 Å². The molecule has 1 N–H and O–H groups in total. The third kappa shape index (κ3) is 3.70. The van der Waals surface area contributed by atoms with Gasteiger partial charge in [-0.15, -0.1) is 0 Å². The van der Waals surface area contributed by atoms with E-state index in [9.17, 15) is 0 Å². The average molecular weight is 406 g/mol. The summed E-state index contributed by atoms with van der Waals surface area (Å²) in [4.78, 5) is 19.1. The Balaban J connectivity index is 1.54. The summed E-state index contributed by atoms with van der Waals surface area (Å²) in [7, 11) is 0. The predicted molar refractivity (Wildman–Crippen MR) is 127 cm³/mol. The first kappa shape index (κ1) is 19.1. The van der Waals surface area contributed by atoms with Crippen molar-refractivity contribution in [2.45, 2.75) is 26.8 Å². The van der Waals surface area contributed by atoms with Crippen molar-refractivity contribution in [3.63, 3.8) is 0 Å². The van der Waals surface area contributed by atoms with Crippen molar-refractivity contribution < 1.29 is 0 Å². The molecule has 0 saturated heterocycles. The van der Waals surface area contributed by atoms with Crippen molar-refractivity contribution in [3.05, 3.63) is 101 Å². The first-order chi connectivity index (χ1) is 15.1. The highest BCUT2D eigenvalue weighted by molar-refractivity contribution is 6.16. The Morgan fingerprint density at radius 1 is 0.774 bits per heavy atom. The smallest absolute Gasteiger partial charge is 0.230 e. The molecule has 0 radical (unpaired) electrons. The summed E-state index contributed by atoms with van der Waals surface area (Å²) in [6.45, 7) is 6.21. The number of aryl methyl sites for hydroxylation is 3. The van der Waals surface area contributed by atoms with Crippen LogP contribution in [-0.2, 0) is 0 Å². The molecule has 3 aromatic carbocycles. The summed E-state index contributed by atoms with van der Waals surface area (Å²) in [5.41, 5.74) is 7.37. The second-order valence-corrected chi connectivity index (χ2v) is 7.84. The average Bonchev–Trinajstić information content (AvgIpc) is 3.20. The Labute approximate surface area is 181 Å². The fourth-order valence-electron chi connectivity index (χ4n) is 3.84. The number of rotatable bonds is 3. The SMILES string of the molecule is Cc1cc2nc(NC3=NC(c4ccccc4)C(c4ccccc4)=N3)nc(C)c2cc1C. The van der Waals surface area contributed by atoms with Gasteiger partial charge in [0.2, 0.25) is 11.9 Å². The minimum atomic E-state index is -0.169. The molecule has 152 valence electrons. The van der Waals surface area contributed by atoms with E-state index in [4.69, 9.17) is 15.0 Å². The summed E-state index contributed by atoms with van der Waals surface area (Å²) in [6, 6.07) is 24.5. The molecule has 0 amide bonds. The predicted octanol–water partition coefficient (Wildman–Crippen LogP) is 5.57. The van der Waals surface area contributed by atoms with Crippen molar-refractivity contribution in [2.75, 3.05) is 5.32 Å². The molecular formula is C26H23N5. The summed E-state index contributed by atoms with van der Waals surface area (Å²) in [5, 5.41) is 4.31. The number of nitrogens with zero attached hydrogens (tertiary/aromatic N) is 4. The normalized spacial score (nSPS) is 15.6. The molecule has 5 heteroatoms. The van der Waals surface area contributed by atoms with Gasteiger partial charge in [0.1, 0.15) is 6.04 Å². The highest BCUT2D eigenvalue weighted by Crippen LogP contribution is 2.28. The molecular weight excluding hydrogens is 382 g/mol. The van der Waals surface area contributed by atoms with Gasteiger partial charge in [0.15, 0.2) is 0 Å². The van der Waals surface area contributed by atoms with Crippen LogP contribution in [0.25, 0.3) is 10.9 Å². The number of fused-ring (bicyclic) bond motifs is 1. The van der Waals surface area contributed by atoms with Gasteiger partial charge in [-0.3, -0.25) is 5.32 Å². The lowest BCUT2D eigenvalue weighted by Crippen LogP contribution is -2.11. The fraction of sp³-hybridized carbons (Fsp3) is 0.154. The van der Waals surface area contributed by atoms with Gasteiger partial charge in [-0.2, -0.15) is 0 Å². The zero-order valence-corrected chi connectivity index (χ0v) is 17.8. The molecule has 0 spiro atoms.